The van der Waals surface area contributed by atoms with Crippen LogP contribution in [-0.2, 0) is 10.0 Å². The van der Waals surface area contributed by atoms with Crippen molar-refractivity contribution in [3.05, 3.63) is 0 Å². The lowest BCUT2D eigenvalue weighted by atomic mass is 10.3. The normalized spacial score (nSPS) is 24.3. The third-order valence-electron chi connectivity index (χ3n) is 2.52. The van der Waals surface area contributed by atoms with Gasteiger partial charge in [0.05, 0.1) is 5.75 Å². The van der Waals surface area contributed by atoms with Crippen LogP contribution in [0.5, 0.6) is 0 Å². The number of hydrogen-bond acceptors (Lipinski definition) is 4. The van der Waals surface area contributed by atoms with Crippen molar-refractivity contribution in [3.63, 3.8) is 0 Å². The monoisotopic (exact) mass is 252 g/mol. The van der Waals surface area contributed by atoms with Gasteiger partial charge < -0.3 is 5.73 Å². The zero-order valence-corrected chi connectivity index (χ0v) is 10.8. The van der Waals surface area contributed by atoms with E-state index in [1.807, 2.05) is 18.7 Å². The van der Waals surface area contributed by atoms with Crippen LogP contribution in [0.4, 0.5) is 0 Å². The standard InChI is InChI=1S/C9H20N2O2S2/c1-9-8-14-6-5-11(9)15(12,13)7-3-2-4-10/h9H,2-8,10H2,1H3. The highest BCUT2D eigenvalue weighted by atomic mass is 32.2. The number of sulfonamides is 1. The summed E-state index contributed by atoms with van der Waals surface area (Å²) in [6.07, 6.45) is 1.46. The van der Waals surface area contributed by atoms with Crippen LogP contribution in [0.15, 0.2) is 0 Å². The van der Waals surface area contributed by atoms with E-state index in [1.165, 1.54) is 0 Å². The number of nitrogens with zero attached hydrogens (tertiary/aromatic N) is 1. The van der Waals surface area contributed by atoms with Gasteiger partial charge in [0, 0.05) is 24.1 Å². The molecule has 0 bridgehead atoms. The molecule has 1 aliphatic rings. The van der Waals surface area contributed by atoms with Crippen molar-refractivity contribution >= 4 is 21.8 Å². The third-order valence-corrected chi connectivity index (χ3v) is 5.77. The first-order chi connectivity index (χ1) is 7.08. The zero-order valence-electron chi connectivity index (χ0n) is 9.18. The van der Waals surface area contributed by atoms with Crippen LogP contribution >= 0.6 is 11.8 Å². The lowest BCUT2D eigenvalue weighted by Crippen LogP contribution is -2.45. The van der Waals surface area contributed by atoms with Crippen molar-refractivity contribution in [2.45, 2.75) is 25.8 Å². The maximum atomic E-state index is 11.9. The smallest absolute Gasteiger partial charge is 0.214 e. The SMILES string of the molecule is CC1CSCCN1S(=O)(=O)CCCCN. The molecule has 0 amide bonds. The molecule has 0 aromatic rings. The molecule has 1 rings (SSSR count). The van der Waals surface area contributed by atoms with Gasteiger partial charge >= 0.3 is 0 Å². The van der Waals surface area contributed by atoms with Crippen molar-refractivity contribution in [2.75, 3.05) is 30.3 Å². The number of hydrogen-bond donors (Lipinski definition) is 1. The fourth-order valence-corrected chi connectivity index (χ4v) is 4.69. The van der Waals surface area contributed by atoms with Gasteiger partial charge in [-0.05, 0) is 26.3 Å². The van der Waals surface area contributed by atoms with E-state index in [0.717, 1.165) is 17.9 Å². The molecule has 6 heteroatoms. The van der Waals surface area contributed by atoms with E-state index in [4.69, 9.17) is 5.73 Å². The van der Waals surface area contributed by atoms with Gasteiger partial charge in [-0.3, -0.25) is 0 Å². The van der Waals surface area contributed by atoms with Gasteiger partial charge in [-0.15, -0.1) is 0 Å². The minimum atomic E-state index is -3.04. The average molecular weight is 252 g/mol. The molecule has 0 aromatic carbocycles. The maximum absolute atomic E-state index is 11.9. The Bertz CT molecular complexity index is 280. The van der Waals surface area contributed by atoms with Gasteiger partial charge in [-0.2, -0.15) is 16.1 Å². The molecule has 0 aliphatic carbocycles. The summed E-state index contributed by atoms with van der Waals surface area (Å²) < 4.78 is 25.5. The summed E-state index contributed by atoms with van der Waals surface area (Å²) in [4.78, 5) is 0. The first kappa shape index (κ1) is 13.3. The minimum Gasteiger partial charge on any atom is -0.330 e. The molecule has 90 valence electrons. The topological polar surface area (TPSA) is 63.4 Å². The van der Waals surface area contributed by atoms with Gasteiger partial charge in [0.1, 0.15) is 0 Å². The van der Waals surface area contributed by atoms with E-state index in [9.17, 15) is 8.42 Å². The van der Waals surface area contributed by atoms with Crippen molar-refractivity contribution < 1.29 is 8.42 Å². The molecule has 0 spiro atoms. The third kappa shape index (κ3) is 3.94. The Morgan fingerprint density at radius 1 is 1.47 bits per heavy atom. The van der Waals surface area contributed by atoms with E-state index in [2.05, 4.69) is 0 Å². The fourth-order valence-electron chi connectivity index (χ4n) is 1.67. The average Bonchev–Trinajstić information content (AvgIpc) is 2.18. The quantitative estimate of drug-likeness (QED) is 0.723. The van der Waals surface area contributed by atoms with Crippen molar-refractivity contribution in [3.8, 4) is 0 Å². The van der Waals surface area contributed by atoms with E-state index in [0.29, 0.717) is 19.5 Å². The summed E-state index contributed by atoms with van der Waals surface area (Å²) in [5.41, 5.74) is 5.35. The van der Waals surface area contributed by atoms with Crippen LogP contribution < -0.4 is 5.73 Å². The zero-order chi connectivity index (χ0) is 11.3. The van der Waals surface area contributed by atoms with Crippen molar-refractivity contribution in [2.24, 2.45) is 5.73 Å². The molecule has 0 radical (unpaired) electrons. The molecular weight excluding hydrogens is 232 g/mol. The van der Waals surface area contributed by atoms with Gasteiger partial charge in [-0.25, -0.2) is 8.42 Å². The second-order valence-corrected chi connectivity index (χ2v) is 7.04. The molecule has 2 N–H and O–H groups in total. The van der Waals surface area contributed by atoms with Crippen LogP contribution in [-0.4, -0.2) is 49.1 Å². The molecular formula is C9H20N2O2S2. The summed E-state index contributed by atoms with van der Waals surface area (Å²) in [5.74, 6) is 2.08. The Hall–Kier alpha value is 0.220. The number of rotatable bonds is 5. The lowest BCUT2D eigenvalue weighted by molar-refractivity contribution is 0.367. The second-order valence-electron chi connectivity index (χ2n) is 3.85. The van der Waals surface area contributed by atoms with Crippen LogP contribution in [0.1, 0.15) is 19.8 Å². The largest absolute Gasteiger partial charge is 0.330 e. The minimum absolute atomic E-state index is 0.145. The van der Waals surface area contributed by atoms with Crippen molar-refractivity contribution in [1.82, 2.24) is 4.31 Å². The molecule has 0 aromatic heterocycles. The van der Waals surface area contributed by atoms with Crippen molar-refractivity contribution in [1.29, 1.82) is 0 Å². The Labute approximate surface area is 96.6 Å². The first-order valence-electron chi connectivity index (χ1n) is 5.35. The molecule has 1 atom stereocenters. The van der Waals surface area contributed by atoms with E-state index < -0.39 is 10.0 Å². The molecule has 1 unspecified atom stereocenters. The molecule has 1 fully saturated rings. The number of nitrogens with two attached hydrogens (primary N) is 1. The summed E-state index contributed by atoms with van der Waals surface area (Å²) in [7, 11) is -3.04. The number of unbranched alkanes of at least 4 members (excludes halogenated alkanes) is 1. The van der Waals surface area contributed by atoms with Crippen LogP contribution in [0.3, 0.4) is 0 Å². The second kappa shape index (κ2) is 6.08. The van der Waals surface area contributed by atoms with E-state index >= 15 is 0 Å². The molecule has 1 heterocycles. The Kier molecular flexibility index (Phi) is 5.38. The van der Waals surface area contributed by atoms with Crippen LogP contribution in [0.25, 0.3) is 0 Å². The lowest BCUT2D eigenvalue weighted by Gasteiger charge is -2.31. The first-order valence-corrected chi connectivity index (χ1v) is 8.11. The highest BCUT2D eigenvalue weighted by Crippen LogP contribution is 2.20. The van der Waals surface area contributed by atoms with Crippen LogP contribution in [0.2, 0.25) is 0 Å². The molecule has 4 nitrogen and oxygen atoms in total. The Morgan fingerprint density at radius 3 is 2.80 bits per heavy atom. The van der Waals surface area contributed by atoms with Gasteiger partial charge in [0.25, 0.3) is 0 Å². The highest BCUT2D eigenvalue weighted by Gasteiger charge is 2.28. The van der Waals surface area contributed by atoms with Gasteiger partial charge in [0.15, 0.2) is 0 Å². The molecule has 1 aliphatic heterocycles. The van der Waals surface area contributed by atoms with Gasteiger partial charge in [-0.1, -0.05) is 0 Å². The summed E-state index contributed by atoms with van der Waals surface area (Å²) >= 11 is 1.83. The predicted octanol–water partition coefficient (Wildman–Crippen LogP) is 0.492. The van der Waals surface area contributed by atoms with E-state index in [1.54, 1.807) is 4.31 Å². The summed E-state index contributed by atoms with van der Waals surface area (Å²) in [6, 6.07) is 0.145. The Morgan fingerprint density at radius 2 is 2.20 bits per heavy atom. The maximum Gasteiger partial charge on any atom is 0.214 e. The Balaban J connectivity index is 2.51. The predicted molar refractivity (Wildman–Crippen MR) is 65.6 cm³/mol. The number of thioether (sulfide) groups is 1. The molecule has 1 saturated heterocycles. The summed E-state index contributed by atoms with van der Waals surface area (Å²) in [5, 5.41) is 0. The molecule has 15 heavy (non-hydrogen) atoms. The van der Waals surface area contributed by atoms with Crippen LogP contribution in [0, 0.1) is 0 Å². The highest BCUT2D eigenvalue weighted by molar-refractivity contribution is 7.99. The fraction of sp³-hybridized carbons (Fsp3) is 1.00. The molecule has 0 saturated carbocycles. The van der Waals surface area contributed by atoms with Gasteiger partial charge in [0.2, 0.25) is 10.0 Å². The summed E-state index contributed by atoms with van der Waals surface area (Å²) in [6.45, 7) is 3.21. The van der Waals surface area contributed by atoms with E-state index in [-0.39, 0.29) is 11.8 Å².